The highest BCUT2D eigenvalue weighted by Crippen LogP contribution is 2.23. The molecule has 6 heteroatoms. The summed E-state index contributed by atoms with van der Waals surface area (Å²) in [6, 6.07) is -0.209. The number of aliphatic hydroxyl groups excluding tert-OH is 1. The van der Waals surface area contributed by atoms with Crippen molar-refractivity contribution < 1.29 is 19.1 Å². The number of amides is 2. The molecule has 3 N–H and O–H groups in total. The predicted octanol–water partition coefficient (Wildman–Crippen LogP) is 2.37. The molecule has 2 amide bonds. The second-order valence-electron chi connectivity index (χ2n) is 7.14. The summed E-state index contributed by atoms with van der Waals surface area (Å²) in [6.07, 6.45) is 5.64. The van der Waals surface area contributed by atoms with Gasteiger partial charge in [0.1, 0.15) is 5.83 Å². The van der Waals surface area contributed by atoms with E-state index in [2.05, 4.69) is 10.6 Å². The van der Waals surface area contributed by atoms with Crippen LogP contribution in [0, 0.1) is 5.41 Å². The number of allylic oxidation sites excluding steroid dienone is 4. The molecule has 1 rings (SSSR count). The van der Waals surface area contributed by atoms with Crippen LogP contribution in [0.2, 0.25) is 0 Å². The third-order valence-corrected chi connectivity index (χ3v) is 3.90. The molecule has 0 radical (unpaired) electrons. The van der Waals surface area contributed by atoms with E-state index in [1.807, 2.05) is 19.9 Å². The molecule has 1 aliphatic carbocycles. The Morgan fingerprint density at radius 2 is 2.08 bits per heavy atom. The number of halogens is 1. The van der Waals surface area contributed by atoms with Gasteiger partial charge in [-0.15, -0.1) is 0 Å². The van der Waals surface area contributed by atoms with Gasteiger partial charge in [-0.3, -0.25) is 9.59 Å². The fraction of sp³-hybridized carbons (Fsp3) is 0.667. The van der Waals surface area contributed by atoms with E-state index in [4.69, 9.17) is 5.11 Å². The molecule has 136 valence electrons. The van der Waals surface area contributed by atoms with Crippen molar-refractivity contribution in [2.45, 2.75) is 58.9 Å². The molecule has 5 nitrogen and oxygen atoms in total. The molecule has 0 heterocycles. The number of hydrogen-bond acceptors (Lipinski definition) is 3. The Labute approximate surface area is 143 Å². The lowest BCUT2D eigenvalue weighted by molar-refractivity contribution is -0.125. The van der Waals surface area contributed by atoms with Crippen molar-refractivity contribution in [1.29, 1.82) is 0 Å². The molecule has 0 spiro atoms. The standard InChI is InChI=1S/C18H29FN2O3/c1-13(11-20-17(24)10-18(2,3)12-22)21-16(23)9-8-14-6-4-5-7-15(14)19/h4,6,13,22H,5,7-12H2,1-3H3,(H,20,24)(H,21,23)/t13-/m0/s1. The Morgan fingerprint density at radius 1 is 1.38 bits per heavy atom. The zero-order valence-corrected chi connectivity index (χ0v) is 14.8. The normalized spacial score (nSPS) is 16.0. The van der Waals surface area contributed by atoms with Crippen LogP contribution in [0.3, 0.4) is 0 Å². The van der Waals surface area contributed by atoms with E-state index in [1.54, 1.807) is 13.0 Å². The van der Waals surface area contributed by atoms with Crippen LogP contribution in [0.25, 0.3) is 0 Å². The molecule has 0 unspecified atom stereocenters. The van der Waals surface area contributed by atoms with Crippen LogP contribution in [0.15, 0.2) is 23.6 Å². The van der Waals surface area contributed by atoms with Gasteiger partial charge in [-0.25, -0.2) is 4.39 Å². The van der Waals surface area contributed by atoms with Gasteiger partial charge in [-0.2, -0.15) is 0 Å². The van der Waals surface area contributed by atoms with Crippen LogP contribution in [0.5, 0.6) is 0 Å². The molecule has 0 aliphatic heterocycles. The molecule has 0 saturated carbocycles. The number of aliphatic hydroxyl groups is 1. The molecule has 0 aromatic rings. The summed E-state index contributed by atoms with van der Waals surface area (Å²) in [4.78, 5) is 23.7. The quantitative estimate of drug-likeness (QED) is 0.603. The molecule has 0 bridgehead atoms. The fourth-order valence-corrected chi connectivity index (χ4v) is 2.37. The van der Waals surface area contributed by atoms with E-state index in [0.717, 1.165) is 0 Å². The first-order valence-corrected chi connectivity index (χ1v) is 8.44. The number of carbonyl (C=O) groups is 2. The summed E-state index contributed by atoms with van der Waals surface area (Å²) < 4.78 is 13.6. The first kappa shape index (κ1) is 20.4. The van der Waals surface area contributed by atoms with Crippen molar-refractivity contribution in [3.05, 3.63) is 23.6 Å². The Kier molecular flexibility index (Phi) is 8.11. The number of rotatable bonds is 9. The van der Waals surface area contributed by atoms with Crippen LogP contribution < -0.4 is 10.6 Å². The van der Waals surface area contributed by atoms with Crippen molar-refractivity contribution in [3.8, 4) is 0 Å². The lowest BCUT2D eigenvalue weighted by Gasteiger charge is -2.21. The molecule has 1 atom stereocenters. The molecular formula is C18H29FN2O3. The first-order valence-electron chi connectivity index (χ1n) is 8.44. The maximum Gasteiger partial charge on any atom is 0.220 e. The molecule has 1 aliphatic rings. The highest BCUT2D eigenvalue weighted by Gasteiger charge is 2.21. The zero-order chi connectivity index (χ0) is 18.2. The molecule has 0 fully saturated rings. The van der Waals surface area contributed by atoms with Crippen LogP contribution in [0.1, 0.15) is 52.9 Å². The second-order valence-corrected chi connectivity index (χ2v) is 7.14. The third kappa shape index (κ3) is 7.73. The van der Waals surface area contributed by atoms with E-state index < -0.39 is 5.41 Å². The zero-order valence-electron chi connectivity index (χ0n) is 14.8. The van der Waals surface area contributed by atoms with Gasteiger partial charge in [0.2, 0.25) is 11.8 Å². The fourth-order valence-electron chi connectivity index (χ4n) is 2.37. The van der Waals surface area contributed by atoms with Crippen molar-refractivity contribution in [3.63, 3.8) is 0 Å². The lowest BCUT2D eigenvalue weighted by atomic mass is 9.90. The monoisotopic (exact) mass is 340 g/mol. The average Bonchev–Trinajstić information content (AvgIpc) is 2.52. The lowest BCUT2D eigenvalue weighted by Crippen LogP contribution is -2.42. The van der Waals surface area contributed by atoms with Gasteiger partial charge >= 0.3 is 0 Å². The first-order chi connectivity index (χ1) is 11.2. The summed E-state index contributed by atoms with van der Waals surface area (Å²) >= 11 is 0. The largest absolute Gasteiger partial charge is 0.396 e. The third-order valence-electron chi connectivity index (χ3n) is 3.90. The van der Waals surface area contributed by atoms with Gasteiger partial charge in [0, 0.05) is 38.5 Å². The molecule has 0 aromatic heterocycles. The number of nitrogens with one attached hydrogen (secondary N) is 2. The van der Waals surface area contributed by atoms with Crippen LogP contribution in [-0.4, -0.2) is 36.1 Å². The Morgan fingerprint density at radius 3 is 2.71 bits per heavy atom. The summed E-state index contributed by atoms with van der Waals surface area (Å²) in [5.41, 5.74) is 0.144. The van der Waals surface area contributed by atoms with Gasteiger partial charge in [0.15, 0.2) is 0 Å². The van der Waals surface area contributed by atoms with Gasteiger partial charge in [0.25, 0.3) is 0 Å². The predicted molar refractivity (Wildman–Crippen MR) is 91.8 cm³/mol. The van der Waals surface area contributed by atoms with Crippen molar-refractivity contribution in [2.24, 2.45) is 5.41 Å². The Balaban J connectivity index is 2.27. The Hall–Kier alpha value is -1.69. The minimum absolute atomic E-state index is 0.0619. The highest BCUT2D eigenvalue weighted by atomic mass is 19.1. The smallest absolute Gasteiger partial charge is 0.220 e. The van der Waals surface area contributed by atoms with Crippen molar-refractivity contribution in [2.75, 3.05) is 13.2 Å². The molecule has 0 saturated heterocycles. The highest BCUT2D eigenvalue weighted by molar-refractivity contribution is 5.78. The van der Waals surface area contributed by atoms with Crippen LogP contribution in [-0.2, 0) is 9.59 Å². The minimum Gasteiger partial charge on any atom is -0.396 e. The van der Waals surface area contributed by atoms with Gasteiger partial charge in [-0.05, 0) is 30.8 Å². The minimum atomic E-state index is -0.456. The van der Waals surface area contributed by atoms with E-state index >= 15 is 0 Å². The second kappa shape index (κ2) is 9.57. The van der Waals surface area contributed by atoms with E-state index in [9.17, 15) is 14.0 Å². The Bertz CT molecular complexity index is 512. The van der Waals surface area contributed by atoms with Crippen LogP contribution >= 0.6 is 0 Å². The summed E-state index contributed by atoms with van der Waals surface area (Å²) in [7, 11) is 0. The molecule has 24 heavy (non-hydrogen) atoms. The summed E-state index contributed by atoms with van der Waals surface area (Å²) in [6.45, 7) is 5.68. The van der Waals surface area contributed by atoms with Crippen LogP contribution in [0.4, 0.5) is 4.39 Å². The molecule has 0 aromatic carbocycles. The summed E-state index contributed by atoms with van der Waals surface area (Å²) in [5, 5.41) is 14.7. The average molecular weight is 340 g/mol. The summed E-state index contributed by atoms with van der Waals surface area (Å²) in [5.74, 6) is -0.446. The van der Waals surface area contributed by atoms with Gasteiger partial charge < -0.3 is 15.7 Å². The van der Waals surface area contributed by atoms with Gasteiger partial charge in [-0.1, -0.05) is 26.0 Å². The topological polar surface area (TPSA) is 78.4 Å². The maximum absolute atomic E-state index is 13.6. The van der Waals surface area contributed by atoms with Gasteiger partial charge in [0.05, 0.1) is 0 Å². The van der Waals surface area contributed by atoms with Crippen molar-refractivity contribution >= 4 is 11.8 Å². The maximum atomic E-state index is 13.6. The number of hydrogen-bond donors (Lipinski definition) is 3. The van der Waals surface area contributed by atoms with E-state index in [1.165, 1.54) is 0 Å². The molecular weight excluding hydrogens is 311 g/mol. The van der Waals surface area contributed by atoms with Crippen molar-refractivity contribution in [1.82, 2.24) is 10.6 Å². The van der Waals surface area contributed by atoms with E-state index in [-0.39, 0.29) is 43.1 Å². The van der Waals surface area contributed by atoms with E-state index in [0.29, 0.717) is 31.4 Å². The SMILES string of the molecule is C[C@@H](CNC(=O)CC(C)(C)CO)NC(=O)CCC1=C(F)CCC=C1. The number of carbonyl (C=O) groups excluding carboxylic acids is 2.